The van der Waals surface area contributed by atoms with Gasteiger partial charge in [0.1, 0.15) is 5.82 Å². The molecule has 2 aromatic rings. The van der Waals surface area contributed by atoms with Gasteiger partial charge in [0.2, 0.25) is 27.8 Å². The zero-order valence-electron chi connectivity index (χ0n) is 35.3. The van der Waals surface area contributed by atoms with E-state index in [0.717, 1.165) is 49.1 Å². The maximum absolute atomic E-state index is 13.8. The second-order valence-electron chi connectivity index (χ2n) is 14.2. The van der Waals surface area contributed by atoms with Gasteiger partial charge in [-0.05, 0) is 75.1 Å². The number of hydrogen-bond donors (Lipinski definition) is 4. The summed E-state index contributed by atoms with van der Waals surface area (Å²) in [4.78, 5) is 33.6. The number of nitrogens with one attached hydrogen (secondary N) is 2. The van der Waals surface area contributed by atoms with Gasteiger partial charge in [0, 0.05) is 44.1 Å². The number of carbonyl (C=O) groups excluding carboxylic acids is 2. The Morgan fingerprint density at radius 2 is 1.31 bits per heavy atom. The zero-order valence-corrected chi connectivity index (χ0v) is 36.1. The Labute approximate surface area is 351 Å². The molecule has 0 spiro atoms. The van der Waals surface area contributed by atoms with Crippen LogP contribution in [-0.4, -0.2) is 79.0 Å². The number of benzene rings is 1. The van der Waals surface area contributed by atoms with Crippen molar-refractivity contribution in [2.45, 2.75) is 103 Å². The average molecular weight is 834 g/mol. The fourth-order valence-corrected chi connectivity index (χ4v) is 5.85. The molecule has 2 amide bonds. The molecule has 4 N–H and O–H groups in total. The van der Waals surface area contributed by atoms with Crippen molar-refractivity contribution in [2.75, 3.05) is 30.7 Å². The topological polar surface area (TPSA) is 162 Å². The third kappa shape index (κ3) is 21.6. The van der Waals surface area contributed by atoms with E-state index in [1.54, 1.807) is 6.08 Å². The molecule has 1 aromatic heterocycles. The third-order valence-electron chi connectivity index (χ3n) is 8.73. The smallest absolute Gasteiger partial charge is 0.239 e. The van der Waals surface area contributed by atoms with Crippen LogP contribution in [0.15, 0.2) is 103 Å². The molecule has 1 aromatic carbocycles. The maximum Gasteiger partial charge on any atom is 0.239 e. The molecule has 0 radical (unpaired) electrons. The maximum atomic E-state index is 13.8. The highest BCUT2D eigenvalue weighted by Crippen LogP contribution is 2.32. The molecule has 0 aliphatic heterocycles. The second-order valence-corrected chi connectivity index (χ2v) is 16.3. The second kappa shape index (κ2) is 28.4. The van der Waals surface area contributed by atoms with Crippen molar-refractivity contribution in [1.82, 2.24) is 20.6 Å². The highest BCUT2D eigenvalue weighted by molar-refractivity contribution is 7.92. The lowest BCUT2D eigenvalue weighted by Crippen LogP contribution is -2.36. The number of anilines is 1. The Hall–Kier alpha value is -4.98. The summed E-state index contributed by atoms with van der Waals surface area (Å²) in [6.45, 7) is 6.31. The number of allylic oxidation sites excluding steroid dienone is 12. The molecule has 11 nitrogen and oxygen atoms in total. The summed E-state index contributed by atoms with van der Waals surface area (Å²) in [5, 5.41) is 26.7. The molecule has 0 aliphatic rings. The summed E-state index contributed by atoms with van der Waals surface area (Å²) in [6, 6.07) is 5.56. The van der Waals surface area contributed by atoms with Gasteiger partial charge in [0.05, 0.1) is 36.3 Å². The van der Waals surface area contributed by atoms with Gasteiger partial charge < -0.3 is 20.8 Å². The molecule has 0 saturated heterocycles. The van der Waals surface area contributed by atoms with Gasteiger partial charge in [-0.2, -0.15) is 0 Å². The molecular formula is C46H64FN5O6S. The van der Waals surface area contributed by atoms with Crippen LogP contribution in [0, 0.1) is 5.82 Å². The lowest BCUT2D eigenvalue weighted by atomic mass is 9.97. The Morgan fingerprint density at radius 3 is 1.81 bits per heavy atom. The Balaban J connectivity index is 1.72. The largest absolute Gasteiger partial charge is 0.392 e. The highest BCUT2D eigenvalue weighted by Gasteiger charge is 2.23. The number of halogens is 1. The minimum absolute atomic E-state index is 0.0601. The van der Waals surface area contributed by atoms with E-state index >= 15 is 0 Å². The summed E-state index contributed by atoms with van der Waals surface area (Å²) >= 11 is 0. The van der Waals surface area contributed by atoms with E-state index in [2.05, 4.69) is 88.3 Å². The van der Waals surface area contributed by atoms with Crippen LogP contribution >= 0.6 is 0 Å². The van der Waals surface area contributed by atoms with E-state index in [9.17, 15) is 32.6 Å². The SMILES string of the molecule is CCC=CCC=CCC=CCC=CCC=CCC=CCCC(=O)NCCNC(=O)C[C@H](O)C[C@H](O)/C=C/c1c(-c2ccc(F)cc2)nc(N(C)S(C)(=O)=O)nc1C(C)C. The minimum Gasteiger partial charge on any atom is -0.392 e. The van der Waals surface area contributed by atoms with Crippen LogP contribution < -0.4 is 14.9 Å². The van der Waals surface area contributed by atoms with E-state index in [0.29, 0.717) is 35.4 Å². The van der Waals surface area contributed by atoms with Crippen molar-refractivity contribution in [3.05, 3.63) is 120 Å². The fraction of sp³-hybridized carbons (Fsp3) is 0.435. The van der Waals surface area contributed by atoms with E-state index < -0.39 is 34.0 Å². The van der Waals surface area contributed by atoms with Gasteiger partial charge >= 0.3 is 0 Å². The van der Waals surface area contributed by atoms with Crippen molar-refractivity contribution in [2.24, 2.45) is 0 Å². The first-order valence-corrected chi connectivity index (χ1v) is 22.2. The van der Waals surface area contributed by atoms with E-state index in [4.69, 9.17) is 0 Å². The van der Waals surface area contributed by atoms with Crippen molar-refractivity contribution in [3.63, 3.8) is 0 Å². The van der Waals surface area contributed by atoms with Crippen LogP contribution in [0.25, 0.3) is 17.3 Å². The lowest BCUT2D eigenvalue weighted by molar-refractivity contribution is -0.124. The molecule has 322 valence electrons. The molecule has 13 heteroatoms. The summed E-state index contributed by atoms with van der Waals surface area (Å²) < 4.78 is 39.3. The van der Waals surface area contributed by atoms with Crippen LogP contribution in [0.3, 0.4) is 0 Å². The van der Waals surface area contributed by atoms with Crippen LogP contribution in [0.1, 0.15) is 102 Å². The summed E-state index contributed by atoms with van der Waals surface area (Å²) in [6.07, 6.45) is 33.5. The number of amides is 2. The third-order valence-corrected chi connectivity index (χ3v) is 9.89. The molecule has 0 saturated carbocycles. The van der Waals surface area contributed by atoms with Crippen LogP contribution in [0.2, 0.25) is 0 Å². The quantitative estimate of drug-likeness (QED) is 0.0520. The first kappa shape index (κ1) is 50.2. The van der Waals surface area contributed by atoms with Crippen LogP contribution in [0.4, 0.5) is 10.3 Å². The summed E-state index contributed by atoms with van der Waals surface area (Å²) in [5.74, 6) is -1.26. The van der Waals surface area contributed by atoms with E-state index in [1.165, 1.54) is 37.4 Å². The number of aliphatic hydroxyl groups excluding tert-OH is 2. The Bertz CT molecular complexity index is 1900. The van der Waals surface area contributed by atoms with Gasteiger partial charge in [0.25, 0.3) is 0 Å². The Kier molecular flexibility index (Phi) is 24.2. The molecule has 0 aliphatic carbocycles. The van der Waals surface area contributed by atoms with Crippen molar-refractivity contribution >= 4 is 33.9 Å². The fourth-order valence-electron chi connectivity index (χ4n) is 5.48. The van der Waals surface area contributed by atoms with Crippen molar-refractivity contribution in [3.8, 4) is 11.3 Å². The van der Waals surface area contributed by atoms with Gasteiger partial charge in [-0.3, -0.25) is 9.59 Å². The normalized spacial score (nSPS) is 13.7. The predicted molar refractivity (Wildman–Crippen MR) is 239 cm³/mol. The van der Waals surface area contributed by atoms with Gasteiger partial charge in [-0.15, -0.1) is 0 Å². The number of aliphatic hydroxyl groups is 2. The Morgan fingerprint density at radius 1 is 0.797 bits per heavy atom. The highest BCUT2D eigenvalue weighted by atomic mass is 32.2. The van der Waals surface area contributed by atoms with Gasteiger partial charge in [-0.25, -0.2) is 27.1 Å². The minimum atomic E-state index is -3.69. The molecular weight excluding hydrogens is 770 g/mol. The first-order valence-electron chi connectivity index (χ1n) is 20.3. The number of carbonyl (C=O) groups is 2. The van der Waals surface area contributed by atoms with Crippen LogP contribution in [0.5, 0.6) is 0 Å². The van der Waals surface area contributed by atoms with Gasteiger partial charge in [-0.1, -0.05) is 106 Å². The van der Waals surface area contributed by atoms with E-state index in [1.807, 2.05) is 26.0 Å². The first-order chi connectivity index (χ1) is 28.2. The predicted octanol–water partition coefficient (Wildman–Crippen LogP) is 8.03. The van der Waals surface area contributed by atoms with Gasteiger partial charge in [0.15, 0.2) is 0 Å². The summed E-state index contributed by atoms with van der Waals surface area (Å²) in [5.41, 5.74) is 1.82. The number of rotatable bonds is 27. The molecule has 2 atom stereocenters. The number of nitrogens with zero attached hydrogens (tertiary/aromatic N) is 3. The molecule has 1 heterocycles. The number of sulfonamides is 1. The number of aromatic nitrogens is 2. The molecule has 0 unspecified atom stereocenters. The summed E-state index contributed by atoms with van der Waals surface area (Å²) in [7, 11) is -2.35. The van der Waals surface area contributed by atoms with Crippen molar-refractivity contribution in [1.29, 1.82) is 0 Å². The molecule has 0 fully saturated rings. The zero-order chi connectivity index (χ0) is 43.5. The monoisotopic (exact) mass is 833 g/mol. The molecule has 59 heavy (non-hydrogen) atoms. The van der Waals surface area contributed by atoms with Crippen molar-refractivity contribution < 1.29 is 32.6 Å². The lowest BCUT2D eigenvalue weighted by Gasteiger charge is -2.20. The van der Waals surface area contributed by atoms with E-state index in [-0.39, 0.29) is 43.7 Å². The molecule has 2 rings (SSSR count). The average Bonchev–Trinajstić information content (AvgIpc) is 3.18. The van der Waals surface area contributed by atoms with Crippen LogP contribution in [-0.2, 0) is 19.6 Å². The number of hydrogen-bond acceptors (Lipinski definition) is 8. The standard InChI is InChI=1S/C46H64FN5O6S/c1-6-7-8-9-10-11-12-13-14-15-16-17-18-19-20-21-22-23-24-25-42(55)48-32-33-49-43(56)35-40(54)34-39(53)30-31-41-44(36(2)3)50-46(52(4)59(5,57)58)51-45(41)37-26-28-38(47)29-27-37/h7-8,10-11,13-14,16-17,19-20,22-23,26-31,36,39-40,53-54H,6,9,12,15,18,21,24-25,32-35H2,1-5H3,(H,48,55)(H,49,56)/b8-7?,11-10?,14-13?,17-16?,20-19?,23-22?,31-30+/t39-,40-/m1/s1. The molecule has 0 bridgehead atoms.